The van der Waals surface area contributed by atoms with Gasteiger partial charge in [0.2, 0.25) is 5.91 Å². The zero-order valence-corrected chi connectivity index (χ0v) is 15.3. The molecule has 2 heterocycles. The molecule has 0 spiro atoms. The second kappa shape index (κ2) is 7.30. The van der Waals surface area contributed by atoms with Gasteiger partial charge in [-0.3, -0.25) is 19.4 Å². The first-order valence-corrected chi connectivity index (χ1v) is 8.73. The van der Waals surface area contributed by atoms with Crippen molar-refractivity contribution in [1.29, 1.82) is 0 Å². The summed E-state index contributed by atoms with van der Waals surface area (Å²) in [7, 11) is 1.48. The van der Waals surface area contributed by atoms with Crippen LogP contribution in [0.2, 0.25) is 0 Å². The number of fused-ring (bicyclic) bond motifs is 1. The van der Waals surface area contributed by atoms with Crippen molar-refractivity contribution in [1.82, 2.24) is 5.01 Å². The fourth-order valence-electron chi connectivity index (χ4n) is 3.28. The Morgan fingerprint density at radius 1 is 1.14 bits per heavy atom. The molecule has 2 aromatic carbocycles. The lowest BCUT2D eigenvalue weighted by atomic mass is 10.1. The van der Waals surface area contributed by atoms with Crippen molar-refractivity contribution >= 4 is 29.1 Å². The number of anilines is 2. The molecule has 0 aromatic heterocycles. The summed E-state index contributed by atoms with van der Waals surface area (Å²) < 4.78 is 18.3. The summed E-state index contributed by atoms with van der Waals surface area (Å²) in [6, 6.07) is 9.80. The minimum absolute atomic E-state index is 0.240. The second-order valence-electron chi connectivity index (χ2n) is 6.43. The summed E-state index contributed by atoms with van der Waals surface area (Å²) in [6.07, 6.45) is 0. The van der Waals surface area contributed by atoms with Crippen LogP contribution in [0.25, 0.3) is 0 Å². The van der Waals surface area contributed by atoms with Gasteiger partial charge in [-0.1, -0.05) is 17.4 Å². The van der Waals surface area contributed by atoms with Crippen molar-refractivity contribution in [2.75, 3.05) is 23.9 Å². The number of benzene rings is 2. The van der Waals surface area contributed by atoms with Crippen LogP contribution < -0.4 is 15.0 Å². The highest BCUT2D eigenvalue weighted by Gasteiger charge is 2.55. The fraction of sp³-hybridized carbons (Fsp3) is 0.211. The van der Waals surface area contributed by atoms with Crippen LogP contribution >= 0.6 is 0 Å². The van der Waals surface area contributed by atoms with Gasteiger partial charge in [0.05, 0.1) is 18.5 Å². The van der Waals surface area contributed by atoms with Gasteiger partial charge in [-0.2, -0.15) is 5.11 Å². The number of imide groups is 1. The number of ether oxygens (including phenoxy) is 1. The van der Waals surface area contributed by atoms with E-state index in [1.807, 2.05) is 0 Å². The molecule has 9 nitrogen and oxygen atoms in total. The summed E-state index contributed by atoms with van der Waals surface area (Å²) in [6.45, 7) is -0.279. The minimum atomic E-state index is -1.04. The van der Waals surface area contributed by atoms with Crippen molar-refractivity contribution < 1.29 is 23.5 Å². The molecular formula is C19H16FN5O4. The largest absolute Gasteiger partial charge is 0.495 e. The number of carbonyl (C=O) groups is 3. The van der Waals surface area contributed by atoms with Gasteiger partial charge in [-0.25, -0.2) is 9.29 Å². The van der Waals surface area contributed by atoms with Gasteiger partial charge in [0.25, 0.3) is 11.8 Å². The molecule has 0 radical (unpaired) electrons. The molecule has 148 valence electrons. The zero-order valence-electron chi connectivity index (χ0n) is 15.3. The Labute approximate surface area is 164 Å². The third-order valence-corrected chi connectivity index (χ3v) is 4.63. The molecule has 2 aromatic rings. The number of rotatable bonds is 5. The van der Waals surface area contributed by atoms with E-state index in [0.717, 1.165) is 17.0 Å². The van der Waals surface area contributed by atoms with Gasteiger partial charge in [0.1, 0.15) is 18.1 Å². The molecule has 2 aliphatic heterocycles. The molecule has 2 atom stereocenters. The van der Waals surface area contributed by atoms with Gasteiger partial charge >= 0.3 is 0 Å². The Morgan fingerprint density at radius 2 is 1.86 bits per heavy atom. The summed E-state index contributed by atoms with van der Waals surface area (Å²) in [5, 5.41) is 11.5. The zero-order chi connectivity index (χ0) is 20.5. The van der Waals surface area contributed by atoms with Crippen LogP contribution in [0.4, 0.5) is 15.8 Å². The Morgan fingerprint density at radius 3 is 2.59 bits per heavy atom. The highest BCUT2D eigenvalue weighted by Crippen LogP contribution is 2.32. The van der Waals surface area contributed by atoms with Gasteiger partial charge in [0.15, 0.2) is 12.1 Å². The maximum Gasteiger partial charge on any atom is 0.263 e. The fourth-order valence-corrected chi connectivity index (χ4v) is 3.28. The molecule has 2 aliphatic rings. The number of nitrogens with one attached hydrogen (secondary N) is 1. The van der Waals surface area contributed by atoms with Gasteiger partial charge in [-0.05, 0) is 36.4 Å². The lowest BCUT2D eigenvalue weighted by molar-refractivity contribution is -0.123. The van der Waals surface area contributed by atoms with Crippen LogP contribution in [0, 0.1) is 5.82 Å². The van der Waals surface area contributed by atoms with Gasteiger partial charge in [0, 0.05) is 0 Å². The van der Waals surface area contributed by atoms with Gasteiger partial charge in [-0.15, -0.1) is 0 Å². The van der Waals surface area contributed by atoms with E-state index in [-0.39, 0.29) is 12.2 Å². The van der Waals surface area contributed by atoms with Crippen LogP contribution in [-0.4, -0.2) is 48.5 Å². The van der Waals surface area contributed by atoms with Crippen molar-refractivity contribution in [2.24, 2.45) is 10.3 Å². The summed E-state index contributed by atoms with van der Waals surface area (Å²) in [5.74, 6) is -1.59. The lowest BCUT2D eigenvalue weighted by Gasteiger charge is -2.20. The van der Waals surface area contributed by atoms with Crippen molar-refractivity contribution in [3.8, 4) is 5.75 Å². The first kappa shape index (κ1) is 18.5. The maximum atomic E-state index is 13.2. The first-order chi connectivity index (χ1) is 14.0. The third-order valence-electron chi connectivity index (χ3n) is 4.63. The van der Waals surface area contributed by atoms with Crippen LogP contribution in [0.15, 0.2) is 58.9 Å². The van der Waals surface area contributed by atoms with E-state index in [2.05, 4.69) is 15.7 Å². The quantitative estimate of drug-likeness (QED) is 0.775. The number of hydrogen-bond donors (Lipinski definition) is 1. The number of para-hydroxylation sites is 2. The molecule has 0 bridgehead atoms. The van der Waals surface area contributed by atoms with E-state index in [1.165, 1.54) is 24.3 Å². The predicted molar refractivity (Wildman–Crippen MR) is 99.7 cm³/mol. The van der Waals surface area contributed by atoms with E-state index in [9.17, 15) is 18.8 Å². The predicted octanol–water partition coefficient (Wildman–Crippen LogP) is 1.77. The average molecular weight is 397 g/mol. The van der Waals surface area contributed by atoms with Crippen molar-refractivity contribution in [3.05, 3.63) is 54.3 Å². The number of hydrogen-bond acceptors (Lipinski definition) is 7. The highest BCUT2D eigenvalue weighted by molar-refractivity contribution is 6.25. The van der Waals surface area contributed by atoms with Gasteiger partial charge < -0.3 is 10.1 Å². The van der Waals surface area contributed by atoms with Crippen LogP contribution in [0.5, 0.6) is 5.75 Å². The molecule has 1 saturated heterocycles. The van der Waals surface area contributed by atoms with Crippen molar-refractivity contribution in [2.45, 2.75) is 12.1 Å². The summed E-state index contributed by atoms with van der Waals surface area (Å²) >= 11 is 0. The topological polar surface area (TPSA) is 104 Å². The Hall–Kier alpha value is -3.82. The van der Waals surface area contributed by atoms with E-state index >= 15 is 0 Å². The van der Waals surface area contributed by atoms with Crippen LogP contribution in [0.1, 0.15) is 0 Å². The molecule has 1 fully saturated rings. The van der Waals surface area contributed by atoms with E-state index < -0.39 is 35.6 Å². The SMILES string of the molecule is COc1ccccc1NC(=O)CN1N=N[C@H]2C(=O)N(c3ccc(F)cc3)C(=O)[C@@H]21. The van der Waals surface area contributed by atoms with E-state index in [1.54, 1.807) is 24.3 Å². The molecule has 1 N–H and O–H groups in total. The molecule has 0 saturated carbocycles. The van der Waals surface area contributed by atoms with Crippen LogP contribution in [0.3, 0.4) is 0 Å². The lowest BCUT2D eigenvalue weighted by Crippen LogP contribution is -2.43. The molecule has 29 heavy (non-hydrogen) atoms. The normalized spacial score (nSPS) is 20.2. The summed E-state index contributed by atoms with van der Waals surface area (Å²) in [4.78, 5) is 38.8. The highest BCUT2D eigenvalue weighted by atomic mass is 19.1. The second-order valence-corrected chi connectivity index (χ2v) is 6.43. The Balaban J connectivity index is 1.49. The number of halogens is 1. The number of nitrogens with zero attached hydrogens (tertiary/aromatic N) is 4. The minimum Gasteiger partial charge on any atom is -0.495 e. The smallest absolute Gasteiger partial charge is 0.263 e. The average Bonchev–Trinajstić information content (AvgIpc) is 3.23. The summed E-state index contributed by atoms with van der Waals surface area (Å²) in [5.41, 5.74) is 0.707. The number of methoxy groups -OCH3 is 1. The third kappa shape index (κ3) is 3.28. The Bertz CT molecular complexity index is 1010. The molecule has 0 aliphatic carbocycles. The number of carbonyl (C=O) groups excluding carboxylic acids is 3. The van der Waals surface area contributed by atoms with E-state index in [4.69, 9.17) is 4.74 Å². The first-order valence-electron chi connectivity index (χ1n) is 8.73. The van der Waals surface area contributed by atoms with Crippen LogP contribution in [-0.2, 0) is 14.4 Å². The maximum absolute atomic E-state index is 13.2. The Kier molecular flexibility index (Phi) is 4.67. The molecule has 4 rings (SSSR count). The van der Waals surface area contributed by atoms with E-state index in [0.29, 0.717) is 11.4 Å². The van der Waals surface area contributed by atoms with Crippen molar-refractivity contribution in [3.63, 3.8) is 0 Å². The standard InChI is InChI=1S/C19H16FN5O4/c1-29-14-5-3-2-4-13(14)21-15(26)10-24-17-16(22-23-24)18(27)25(19(17)28)12-8-6-11(20)7-9-12/h2-9,16-17H,10H2,1H3,(H,21,26)/t16-,17-/m1/s1. The molecule has 3 amide bonds. The molecular weight excluding hydrogens is 381 g/mol. The molecule has 0 unspecified atom stereocenters. The monoisotopic (exact) mass is 397 g/mol. The number of amides is 3. The molecule has 10 heteroatoms.